The number of nitrogens with one attached hydrogen (secondary N) is 2. The van der Waals surface area contributed by atoms with Gasteiger partial charge < -0.3 is 19.8 Å². The molecule has 6 nitrogen and oxygen atoms in total. The van der Waals surface area contributed by atoms with Gasteiger partial charge in [-0.25, -0.2) is 0 Å². The predicted molar refractivity (Wildman–Crippen MR) is 89.3 cm³/mol. The fraction of sp³-hybridized carbons (Fsp3) is 0.333. The molecule has 0 atom stereocenters. The van der Waals surface area contributed by atoms with E-state index in [1.807, 2.05) is 38.1 Å². The van der Waals surface area contributed by atoms with Crippen molar-refractivity contribution >= 4 is 11.8 Å². The van der Waals surface area contributed by atoms with Gasteiger partial charge in [0.1, 0.15) is 6.26 Å². The van der Waals surface area contributed by atoms with Crippen molar-refractivity contribution in [2.45, 2.75) is 33.1 Å². The maximum atomic E-state index is 11.8. The fourth-order valence-electron chi connectivity index (χ4n) is 2.01. The van der Waals surface area contributed by atoms with E-state index in [1.54, 1.807) is 0 Å². The number of rotatable bonds is 8. The number of hydrogen-bond acceptors (Lipinski definition) is 4. The summed E-state index contributed by atoms with van der Waals surface area (Å²) in [7, 11) is 0. The number of carbonyl (C=O) groups is 2. The first kappa shape index (κ1) is 17.7. The molecule has 0 aliphatic carbocycles. The molecule has 2 N–H and O–H groups in total. The number of furan rings is 1. The second-order valence-electron chi connectivity index (χ2n) is 5.65. The van der Waals surface area contributed by atoms with Crippen LogP contribution in [0, 0.1) is 0 Å². The van der Waals surface area contributed by atoms with Crippen molar-refractivity contribution in [3.8, 4) is 0 Å². The third-order valence-electron chi connectivity index (χ3n) is 3.26. The van der Waals surface area contributed by atoms with Crippen LogP contribution >= 0.6 is 0 Å². The molecule has 1 heterocycles. The van der Waals surface area contributed by atoms with E-state index in [2.05, 4.69) is 10.6 Å². The van der Waals surface area contributed by atoms with E-state index in [1.165, 1.54) is 18.6 Å². The van der Waals surface area contributed by atoms with Crippen LogP contribution in [0.3, 0.4) is 0 Å². The highest BCUT2D eigenvalue weighted by Crippen LogP contribution is 2.08. The summed E-state index contributed by atoms with van der Waals surface area (Å²) in [6, 6.07) is 9.38. The van der Waals surface area contributed by atoms with Crippen LogP contribution in [0.15, 0.2) is 47.3 Å². The second kappa shape index (κ2) is 8.88. The number of hydrogen-bond donors (Lipinski definition) is 2. The van der Waals surface area contributed by atoms with Gasteiger partial charge in [-0.15, -0.1) is 0 Å². The lowest BCUT2D eigenvalue weighted by atomic mass is 10.1. The molecule has 24 heavy (non-hydrogen) atoms. The first-order valence-electron chi connectivity index (χ1n) is 7.81. The summed E-state index contributed by atoms with van der Waals surface area (Å²) in [5, 5.41) is 5.31. The normalized spacial score (nSPS) is 10.6. The lowest BCUT2D eigenvalue weighted by molar-refractivity contribution is -0.120. The minimum absolute atomic E-state index is 0.0832. The molecule has 2 rings (SSSR count). The molecular formula is C18H22N2O4. The highest BCUT2D eigenvalue weighted by molar-refractivity contribution is 5.96. The highest BCUT2D eigenvalue weighted by Gasteiger charge is 2.09. The molecule has 1 aromatic heterocycles. The van der Waals surface area contributed by atoms with Crippen molar-refractivity contribution in [1.82, 2.24) is 10.6 Å². The summed E-state index contributed by atoms with van der Waals surface area (Å²) in [5.41, 5.74) is 2.43. The zero-order valence-electron chi connectivity index (χ0n) is 13.9. The Morgan fingerprint density at radius 2 is 1.96 bits per heavy atom. The maximum absolute atomic E-state index is 11.8. The average molecular weight is 330 g/mol. The molecule has 0 radical (unpaired) electrons. The van der Waals surface area contributed by atoms with Crippen LogP contribution < -0.4 is 10.6 Å². The van der Waals surface area contributed by atoms with E-state index in [4.69, 9.17) is 9.15 Å². The standard InChI is InChI=1S/C18H22N2O4/c1-13(2)24-11-15-5-3-4-14(8-15)9-19-17(21)10-20-18(22)16-6-7-23-12-16/h3-8,12-13H,9-11H2,1-2H3,(H,19,21)(H,20,22). The minimum atomic E-state index is -0.341. The molecule has 0 unspecified atom stereocenters. The van der Waals surface area contributed by atoms with Crippen molar-refractivity contribution in [1.29, 1.82) is 0 Å². The van der Waals surface area contributed by atoms with Gasteiger partial charge in [0, 0.05) is 6.54 Å². The molecular weight excluding hydrogens is 308 g/mol. The predicted octanol–water partition coefficient (Wildman–Crippen LogP) is 2.25. The topological polar surface area (TPSA) is 80.6 Å². The van der Waals surface area contributed by atoms with Gasteiger partial charge in [-0.2, -0.15) is 0 Å². The molecule has 2 amide bonds. The van der Waals surface area contributed by atoms with E-state index >= 15 is 0 Å². The number of benzene rings is 1. The second-order valence-corrected chi connectivity index (χ2v) is 5.65. The molecule has 2 aromatic rings. The molecule has 0 saturated heterocycles. The first-order chi connectivity index (χ1) is 11.5. The van der Waals surface area contributed by atoms with Crippen molar-refractivity contribution in [2.24, 2.45) is 0 Å². The molecule has 0 aliphatic rings. The zero-order valence-corrected chi connectivity index (χ0v) is 13.9. The largest absolute Gasteiger partial charge is 0.472 e. The van der Waals surface area contributed by atoms with Gasteiger partial charge in [0.05, 0.1) is 31.1 Å². The summed E-state index contributed by atoms with van der Waals surface area (Å²) in [5.74, 6) is -0.595. The third-order valence-corrected chi connectivity index (χ3v) is 3.26. The first-order valence-corrected chi connectivity index (χ1v) is 7.81. The zero-order chi connectivity index (χ0) is 17.4. The van der Waals surface area contributed by atoms with Crippen LogP contribution in [0.1, 0.15) is 35.3 Å². The van der Waals surface area contributed by atoms with Crippen molar-refractivity contribution in [3.63, 3.8) is 0 Å². The van der Waals surface area contributed by atoms with Gasteiger partial charge in [-0.3, -0.25) is 9.59 Å². The summed E-state index contributed by atoms with van der Waals surface area (Å²) in [6.45, 7) is 4.83. The Hall–Kier alpha value is -2.60. The summed E-state index contributed by atoms with van der Waals surface area (Å²) >= 11 is 0. The van der Waals surface area contributed by atoms with Crippen LogP contribution in [-0.2, 0) is 22.7 Å². The average Bonchev–Trinajstić information content (AvgIpc) is 3.11. The molecule has 1 aromatic carbocycles. The lowest BCUT2D eigenvalue weighted by Gasteiger charge is -2.10. The van der Waals surface area contributed by atoms with Crippen LogP contribution in [0.25, 0.3) is 0 Å². The Morgan fingerprint density at radius 1 is 1.17 bits per heavy atom. The van der Waals surface area contributed by atoms with Crippen molar-refractivity contribution < 1.29 is 18.7 Å². The Morgan fingerprint density at radius 3 is 2.67 bits per heavy atom. The molecule has 0 saturated carbocycles. The van der Waals surface area contributed by atoms with Gasteiger partial charge >= 0.3 is 0 Å². The number of amides is 2. The monoisotopic (exact) mass is 330 g/mol. The molecule has 0 spiro atoms. The lowest BCUT2D eigenvalue weighted by Crippen LogP contribution is -2.36. The Balaban J connectivity index is 1.75. The van der Waals surface area contributed by atoms with E-state index in [9.17, 15) is 9.59 Å². The van der Waals surface area contributed by atoms with E-state index < -0.39 is 0 Å². The smallest absolute Gasteiger partial charge is 0.254 e. The molecule has 128 valence electrons. The number of ether oxygens (including phenoxy) is 1. The van der Waals surface area contributed by atoms with Crippen molar-refractivity contribution in [2.75, 3.05) is 6.54 Å². The molecule has 0 fully saturated rings. The van der Waals surface area contributed by atoms with Gasteiger partial charge in [-0.1, -0.05) is 24.3 Å². The number of carbonyl (C=O) groups excluding carboxylic acids is 2. The van der Waals surface area contributed by atoms with Crippen LogP contribution in [0.5, 0.6) is 0 Å². The van der Waals surface area contributed by atoms with E-state index in [0.29, 0.717) is 18.7 Å². The Bertz CT molecular complexity index is 665. The highest BCUT2D eigenvalue weighted by atomic mass is 16.5. The van der Waals surface area contributed by atoms with Crippen molar-refractivity contribution in [3.05, 3.63) is 59.5 Å². The van der Waals surface area contributed by atoms with Crippen LogP contribution in [-0.4, -0.2) is 24.5 Å². The van der Waals surface area contributed by atoms with Gasteiger partial charge in [0.2, 0.25) is 5.91 Å². The minimum Gasteiger partial charge on any atom is -0.472 e. The van der Waals surface area contributed by atoms with Crippen LogP contribution in [0.2, 0.25) is 0 Å². The molecule has 0 bridgehead atoms. The maximum Gasteiger partial charge on any atom is 0.254 e. The van der Waals surface area contributed by atoms with Gasteiger partial charge in [0.25, 0.3) is 5.91 Å². The van der Waals surface area contributed by atoms with Gasteiger partial charge in [0.15, 0.2) is 0 Å². The van der Waals surface area contributed by atoms with E-state index in [0.717, 1.165) is 11.1 Å². The van der Waals surface area contributed by atoms with E-state index in [-0.39, 0.29) is 24.5 Å². The van der Waals surface area contributed by atoms with Gasteiger partial charge in [-0.05, 0) is 31.0 Å². The SMILES string of the molecule is CC(C)OCc1cccc(CNC(=O)CNC(=O)c2ccoc2)c1. The summed E-state index contributed by atoms with van der Waals surface area (Å²) in [4.78, 5) is 23.5. The fourth-order valence-corrected chi connectivity index (χ4v) is 2.01. The Labute approximate surface area is 141 Å². The molecule has 6 heteroatoms. The quantitative estimate of drug-likeness (QED) is 0.778. The third kappa shape index (κ3) is 5.89. The Kier molecular flexibility index (Phi) is 6.57. The molecule has 0 aliphatic heterocycles. The van der Waals surface area contributed by atoms with Crippen LogP contribution in [0.4, 0.5) is 0 Å². The summed E-state index contributed by atoms with van der Waals surface area (Å²) < 4.78 is 10.4. The summed E-state index contributed by atoms with van der Waals surface area (Å²) in [6.07, 6.45) is 2.91.